The van der Waals surface area contributed by atoms with Crippen molar-refractivity contribution in [1.29, 1.82) is 0 Å². The Morgan fingerprint density at radius 2 is 1.52 bits per heavy atom. The predicted octanol–water partition coefficient (Wildman–Crippen LogP) is 4.77. The number of Topliss-reactive ketones (excluding diaryl/α,β-unsaturated/α-hetero) is 1. The second-order valence-electron chi connectivity index (χ2n) is 7.30. The molecule has 21 heavy (non-hydrogen) atoms. The summed E-state index contributed by atoms with van der Waals surface area (Å²) in [5.74, 6) is 2.56. The molecule has 122 valence electrons. The number of hydrogen-bond acceptors (Lipinski definition) is 2. The Hall–Kier alpha value is -0.310. The molecule has 1 fully saturated rings. The van der Waals surface area contributed by atoms with Crippen LogP contribution < -0.4 is 0 Å². The van der Waals surface area contributed by atoms with E-state index in [9.17, 15) is 9.59 Å². The summed E-state index contributed by atoms with van der Waals surface area (Å²) in [5.41, 5.74) is 0. The summed E-state index contributed by atoms with van der Waals surface area (Å²) >= 11 is 3.86. The average Bonchev–Trinajstić information content (AvgIpc) is 3.22. The van der Waals surface area contributed by atoms with E-state index < -0.39 is 0 Å². The first-order chi connectivity index (χ1) is 9.77. The van der Waals surface area contributed by atoms with Crippen molar-refractivity contribution in [1.82, 2.24) is 0 Å². The Morgan fingerprint density at radius 1 is 1.00 bits per heavy atom. The van der Waals surface area contributed by atoms with Gasteiger partial charge in [0.15, 0.2) is 5.12 Å². The van der Waals surface area contributed by atoms with E-state index >= 15 is 0 Å². The first kappa shape index (κ1) is 18.7. The van der Waals surface area contributed by atoms with Crippen LogP contribution in [0.1, 0.15) is 66.7 Å². The molecule has 1 aliphatic rings. The zero-order chi connectivity index (χ0) is 16.2. The summed E-state index contributed by atoms with van der Waals surface area (Å²) in [4.78, 5) is 23.7. The molecule has 0 heterocycles. The second kappa shape index (κ2) is 8.36. The molecule has 0 aliphatic heterocycles. The fraction of sp³-hybridized carbons (Fsp3) is 0.889. The van der Waals surface area contributed by atoms with E-state index in [2.05, 4.69) is 33.4 Å². The Morgan fingerprint density at radius 3 is 1.95 bits per heavy atom. The fourth-order valence-electron chi connectivity index (χ4n) is 3.81. The lowest BCUT2D eigenvalue weighted by molar-refractivity contribution is -0.127. The maximum Gasteiger partial charge on any atom is 0.188 e. The van der Waals surface area contributed by atoms with Crippen LogP contribution in [0.15, 0.2) is 0 Å². The molecule has 1 rings (SSSR count). The molecule has 0 aromatic rings. The third kappa shape index (κ3) is 5.77. The van der Waals surface area contributed by atoms with Crippen LogP contribution in [0.3, 0.4) is 0 Å². The number of rotatable bonds is 10. The highest BCUT2D eigenvalue weighted by molar-refractivity contribution is 7.96. The zero-order valence-electron chi connectivity index (χ0n) is 14.3. The standard InChI is InChI=1S/C18H32O2S/c1-6-16(15-7-8-15)11(2)9-12(3)17(19)13(4)10-14(5)18(20)21/h11-16H,6-10H2,1-5H3,(H,20,21)/t11-,12-,13-,14+,16-/m1/s1. The van der Waals surface area contributed by atoms with Crippen molar-refractivity contribution in [2.75, 3.05) is 0 Å². The SMILES string of the molecule is CC[C@@H](C1CC1)[C@H](C)C[C@@H](C)C(=O)[C@H](C)C[C@H](C)C(=O)S. The van der Waals surface area contributed by atoms with Crippen molar-refractivity contribution >= 4 is 23.5 Å². The molecular formula is C18H32O2S. The lowest BCUT2D eigenvalue weighted by Crippen LogP contribution is -2.26. The van der Waals surface area contributed by atoms with Crippen molar-refractivity contribution in [3.63, 3.8) is 0 Å². The fourth-order valence-corrected chi connectivity index (χ4v) is 3.91. The topological polar surface area (TPSA) is 34.1 Å². The number of carbonyl (C=O) groups is 2. The monoisotopic (exact) mass is 312 g/mol. The summed E-state index contributed by atoms with van der Waals surface area (Å²) in [6, 6.07) is 0. The zero-order valence-corrected chi connectivity index (χ0v) is 15.2. The van der Waals surface area contributed by atoms with E-state index in [1.54, 1.807) is 0 Å². The number of hydrogen-bond donors (Lipinski definition) is 1. The third-order valence-corrected chi connectivity index (χ3v) is 5.70. The number of carbonyl (C=O) groups excluding carboxylic acids is 2. The Bertz CT molecular complexity index is 362. The van der Waals surface area contributed by atoms with Crippen LogP contribution in [-0.4, -0.2) is 10.9 Å². The van der Waals surface area contributed by atoms with Crippen molar-refractivity contribution in [3.05, 3.63) is 0 Å². The van der Waals surface area contributed by atoms with Crippen LogP contribution >= 0.6 is 12.6 Å². The van der Waals surface area contributed by atoms with Crippen molar-refractivity contribution in [3.8, 4) is 0 Å². The van der Waals surface area contributed by atoms with Gasteiger partial charge in [-0.05, 0) is 43.4 Å². The highest BCUT2D eigenvalue weighted by Crippen LogP contribution is 2.43. The molecule has 1 aliphatic carbocycles. The predicted molar refractivity (Wildman–Crippen MR) is 91.4 cm³/mol. The molecule has 0 unspecified atom stereocenters. The highest BCUT2D eigenvalue weighted by atomic mass is 32.1. The molecule has 0 aromatic heterocycles. The average molecular weight is 313 g/mol. The first-order valence-electron chi connectivity index (χ1n) is 8.54. The minimum Gasteiger partial charge on any atom is -0.299 e. The molecule has 3 heteroatoms. The molecule has 1 saturated carbocycles. The lowest BCUT2D eigenvalue weighted by atomic mass is 9.78. The molecule has 5 atom stereocenters. The summed E-state index contributed by atoms with van der Waals surface area (Å²) in [5, 5.41) is -0.115. The van der Waals surface area contributed by atoms with Gasteiger partial charge in [-0.15, -0.1) is 12.6 Å². The van der Waals surface area contributed by atoms with Gasteiger partial charge in [0.1, 0.15) is 5.78 Å². The summed E-state index contributed by atoms with van der Waals surface area (Å²) in [7, 11) is 0. The molecular weight excluding hydrogens is 280 g/mol. The van der Waals surface area contributed by atoms with Crippen LogP contribution in [0, 0.1) is 35.5 Å². The maximum atomic E-state index is 12.5. The molecule has 0 bridgehead atoms. The van der Waals surface area contributed by atoms with E-state index in [-0.39, 0.29) is 22.9 Å². The molecule has 2 nitrogen and oxygen atoms in total. The quantitative estimate of drug-likeness (QED) is 0.589. The van der Waals surface area contributed by atoms with Crippen molar-refractivity contribution in [2.45, 2.75) is 66.7 Å². The summed E-state index contributed by atoms with van der Waals surface area (Å²) in [6.07, 6.45) is 5.60. The largest absolute Gasteiger partial charge is 0.299 e. The van der Waals surface area contributed by atoms with Gasteiger partial charge in [0, 0.05) is 17.8 Å². The molecule has 0 saturated heterocycles. The highest BCUT2D eigenvalue weighted by Gasteiger charge is 2.35. The molecule has 0 aromatic carbocycles. The van der Waals surface area contributed by atoms with Gasteiger partial charge >= 0.3 is 0 Å². The van der Waals surface area contributed by atoms with Crippen LogP contribution in [0.25, 0.3) is 0 Å². The van der Waals surface area contributed by atoms with Crippen LogP contribution in [-0.2, 0) is 9.59 Å². The number of ketones is 1. The van der Waals surface area contributed by atoms with Gasteiger partial charge in [0.05, 0.1) is 0 Å². The smallest absolute Gasteiger partial charge is 0.188 e. The van der Waals surface area contributed by atoms with Crippen molar-refractivity contribution < 1.29 is 9.59 Å². The molecule has 0 radical (unpaired) electrons. The van der Waals surface area contributed by atoms with Gasteiger partial charge in [-0.25, -0.2) is 0 Å². The number of thiol groups is 1. The summed E-state index contributed by atoms with van der Waals surface area (Å²) in [6.45, 7) is 10.4. The van der Waals surface area contributed by atoms with E-state index in [4.69, 9.17) is 0 Å². The third-order valence-electron chi connectivity index (χ3n) is 5.26. The maximum absolute atomic E-state index is 12.5. The normalized spacial score (nSPS) is 22.2. The molecule has 0 spiro atoms. The van der Waals surface area contributed by atoms with Gasteiger partial charge < -0.3 is 0 Å². The lowest BCUT2D eigenvalue weighted by Gasteiger charge is -2.26. The van der Waals surface area contributed by atoms with Gasteiger partial charge in [0.2, 0.25) is 0 Å². The minimum absolute atomic E-state index is 0.0423. The van der Waals surface area contributed by atoms with E-state index in [1.165, 1.54) is 19.3 Å². The Balaban J connectivity index is 2.47. The Kier molecular flexibility index (Phi) is 7.46. The van der Waals surface area contributed by atoms with Gasteiger partial charge in [0.25, 0.3) is 0 Å². The van der Waals surface area contributed by atoms with E-state index in [0.717, 1.165) is 18.3 Å². The Labute approximate surface area is 135 Å². The van der Waals surface area contributed by atoms with Crippen LogP contribution in [0.2, 0.25) is 0 Å². The second-order valence-corrected chi connectivity index (χ2v) is 7.74. The molecule has 0 amide bonds. The van der Waals surface area contributed by atoms with Gasteiger partial charge in [-0.1, -0.05) is 41.0 Å². The molecule has 0 N–H and O–H groups in total. The first-order valence-corrected chi connectivity index (χ1v) is 8.99. The van der Waals surface area contributed by atoms with Gasteiger partial charge in [-0.2, -0.15) is 0 Å². The van der Waals surface area contributed by atoms with Crippen LogP contribution in [0.5, 0.6) is 0 Å². The van der Waals surface area contributed by atoms with Crippen LogP contribution in [0.4, 0.5) is 0 Å². The van der Waals surface area contributed by atoms with E-state index in [1.807, 2.05) is 13.8 Å². The van der Waals surface area contributed by atoms with Gasteiger partial charge in [-0.3, -0.25) is 9.59 Å². The summed E-state index contributed by atoms with van der Waals surface area (Å²) < 4.78 is 0. The van der Waals surface area contributed by atoms with Crippen molar-refractivity contribution in [2.24, 2.45) is 35.5 Å². The van der Waals surface area contributed by atoms with E-state index in [0.29, 0.717) is 18.1 Å². The minimum atomic E-state index is -0.133.